The molecule has 0 fully saturated rings. The normalized spacial score (nSPS) is 5.74. The van der Waals surface area contributed by atoms with Crippen LogP contribution in [0.25, 0.3) is 0 Å². The van der Waals surface area contributed by atoms with Crippen LogP contribution in [0.2, 0.25) is 0 Å². The van der Waals surface area contributed by atoms with Gasteiger partial charge in [-0.3, -0.25) is 0 Å². The van der Waals surface area contributed by atoms with E-state index in [1.807, 2.05) is 101 Å². The van der Waals surface area contributed by atoms with Crippen molar-refractivity contribution in [2.45, 2.75) is 27.7 Å². The molecule has 0 bridgehead atoms. The molecule has 2 N–H and O–H groups in total. The van der Waals surface area contributed by atoms with E-state index in [0.717, 1.165) is 0 Å². The first-order chi connectivity index (χ1) is 8.83. The summed E-state index contributed by atoms with van der Waals surface area (Å²) in [6, 6.07) is 25.0. The molecule has 1 nitrogen and oxygen atoms in total. The molecular formula is C20H32OTi2. The minimum atomic E-state index is 0. The van der Waals surface area contributed by atoms with Crippen LogP contribution in [-0.4, -0.2) is 5.48 Å². The zero-order valence-corrected chi connectivity index (χ0v) is 18.6. The van der Waals surface area contributed by atoms with Crippen molar-refractivity contribution in [1.29, 1.82) is 0 Å². The first-order valence-corrected chi connectivity index (χ1v) is 6.13. The van der Waals surface area contributed by atoms with Crippen LogP contribution in [0, 0.1) is 39.8 Å². The van der Waals surface area contributed by atoms with Crippen LogP contribution < -0.4 is 0 Å². The molecule has 0 aliphatic rings. The molecule has 2 radical (unpaired) electrons. The molecule has 2 aromatic rings. The minimum absolute atomic E-state index is 0. The predicted molar refractivity (Wildman–Crippen MR) is 98.3 cm³/mol. The van der Waals surface area contributed by atoms with Gasteiger partial charge < -0.3 is 33.2 Å². The molecule has 0 atom stereocenters. The Morgan fingerprint density at radius 1 is 0.522 bits per heavy atom. The van der Waals surface area contributed by atoms with E-state index in [1.165, 1.54) is 0 Å². The number of hydrogen-bond acceptors (Lipinski definition) is 0. The van der Waals surface area contributed by atoms with Crippen molar-refractivity contribution >= 4 is 0 Å². The van der Waals surface area contributed by atoms with E-state index in [-0.39, 0.29) is 63.8 Å². The van der Waals surface area contributed by atoms with Gasteiger partial charge in [0.15, 0.2) is 0 Å². The van der Waals surface area contributed by atoms with Crippen molar-refractivity contribution in [2.75, 3.05) is 0 Å². The average molecular weight is 384 g/mol. The van der Waals surface area contributed by atoms with Gasteiger partial charge in [-0.15, -0.1) is 0 Å². The van der Waals surface area contributed by atoms with Gasteiger partial charge in [-0.1, -0.05) is 0 Å². The first-order valence-electron chi connectivity index (χ1n) is 6.13. The third-order valence-electron chi connectivity index (χ3n) is 1.21. The SMILES string of the molecule is C[CH-]C.C[CH-]C.O.[CH3-].[CH3-].[Ti+3].[Ti+3].[c-]1ccccc1.[c-]1ccccc1. The Labute approximate surface area is 176 Å². The summed E-state index contributed by atoms with van der Waals surface area (Å²) < 4.78 is 0. The summed E-state index contributed by atoms with van der Waals surface area (Å²) in [4.78, 5) is 0. The van der Waals surface area contributed by atoms with E-state index < -0.39 is 0 Å². The zero-order valence-electron chi connectivity index (χ0n) is 15.4. The molecule has 0 amide bonds. The summed E-state index contributed by atoms with van der Waals surface area (Å²) >= 11 is 0. The average Bonchev–Trinajstić information content (AvgIpc) is 2.45. The van der Waals surface area contributed by atoms with E-state index in [4.69, 9.17) is 0 Å². The monoisotopic (exact) mass is 384 g/mol. The molecule has 0 saturated carbocycles. The van der Waals surface area contributed by atoms with Gasteiger partial charge in [0.2, 0.25) is 0 Å². The van der Waals surface area contributed by atoms with Crippen molar-refractivity contribution in [3.8, 4) is 0 Å². The van der Waals surface area contributed by atoms with Crippen LogP contribution in [-0.2, 0) is 43.4 Å². The van der Waals surface area contributed by atoms with Crippen LogP contribution in [0.3, 0.4) is 0 Å². The second-order valence-corrected chi connectivity index (χ2v) is 3.31. The first kappa shape index (κ1) is 43.4. The number of hydrogen-bond donors (Lipinski definition) is 0. The van der Waals surface area contributed by atoms with Gasteiger partial charge in [0.05, 0.1) is 0 Å². The molecule has 0 saturated heterocycles. The van der Waals surface area contributed by atoms with Crippen LogP contribution in [0.4, 0.5) is 0 Å². The summed E-state index contributed by atoms with van der Waals surface area (Å²) in [6.45, 7) is 8.00. The van der Waals surface area contributed by atoms with E-state index in [0.29, 0.717) is 0 Å². The van der Waals surface area contributed by atoms with Crippen molar-refractivity contribution < 1.29 is 48.9 Å². The van der Waals surface area contributed by atoms with Crippen LogP contribution in [0.1, 0.15) is 27.7 Å². The Bertz CT molecular complexity index is 215. The Kier molecular flexibility index (Phi) is 93.5. The predicted octanol–water partition coefficient (Wildman–Crippen LogP) is 5.51. The third kappa shape index (κ3) is 61.3. The van der Waals surface area contributed by atoms with Gasteiger partial charge in [-0.25, -0.2) is 0 Å². The number of rotatable bonds is 0. The Balaban J connectivity index is -0.0000000290. The molecule has 0 unspecified atom stereocenters. The van der Waals surface area contributed by atoms with Crippen LogP contribution >= 0.6 is 0 Å². The molecule has 0 aliphatic heterocycles. The summed E-state index contributed by atoms with van der Waals surface area (Å²) in [5, 5.41) is 0. The molecular weight excluding hydrogens is 352 g/mol. The van der Waals surface area contributed by atoms with E-state index >= 15 is 0 Å². The van der Waals surface area contributed by atoms with E-state index in [1.54, 1.807) is 0 Å². The summed E-state index contributed by atoms with van der Waals surface area (Å²) in [6.07, 6.45) is 4.00. The van der Waals surface area contributed by atoms with Gasteiger partial charge in [0.1, 0.15) is 0 Å². The maximum atomic E-state index is 2.89. The molecule has 3 heteroatoms. The van der Waals surface area contributed by atoms with Crippen molar-refractivity contribution in [3.63, 3.8) is 0 Å². The van der Waals surface area contributed by atoms with E-state index in [2.05, 4.69) is 12.1 Å². The topological polar surface area (TPSA) is 31.5 Å². The zero-order chi connectivity index (χ0) is 13.9. The van der Waals surface area contributed by atoms with Crippen LogP contribution in [0.5, 0.6) is 0 Å². The van der Waals surface area contributed by atoms with Crippen LogP contribution in [0.15, 0.2) is 60.7 Å². The second kappa shape index (κ2) is 49.5. The molecule has 0 aliphatic carbocycles. The fourth-order valence-corrected chi connectivity index (χ4v) is 0.684. The molecule has 0 spiro atoms. The Morgan fingerprint density at radius 3 is 0.739 bits per heavy atom. The molecule has 0 aromatic heterocycles. The standard InChI is InChI=1S/2C6H5.2C3H7.2CH3.H2O.2Ti/c2*1-2-4-6-5-3-1;2*1-3-2;;;;;/h2*1-5H;2*3H,1-2H3;2*1H3;1H2;;/q6*-1;;2*+3. The fourth-order valence-electron chi connectivity index (χ4n) is 0.684. The maximum absolute atomic E-state index is 2.89. The van der Waals surface area contributed by atoms with Gasteiger partial charge in [-0.05, 0) is 0 Å². The van der Waals surface area contributed by atoms with Gasteiger partial charge in [0, 0.05) is 0 Å². The third-order valence-corrected chi connectivity index (χ3v) is 1.21. The van der Waals surface area contributed by atoms with Crippen molar-refractivity contribution in [1.82, 2.24) is 0 Å². The smallest absolute Gasteiger partial charge is 0.412 e. The van der Waals surface area contributed by atoms with Gasteiger partial charge in [-0.2, -0.15) is 100 Å². The van der Waals surface area contributed by atoms with Crippen molar-refractivity contribution in [2.24, 2.45) is 0 Å². The van der Waals surface area contributed by atoms with Gasteiger partial charge >= 0.3 is 43.4 Å². The summed E-state index contributed by atoms with van der Waals surface area (Å²) in [5.41, 5.74) is 0. The largest absolute Gasteiger partial charge is 3.00 e. The Morgan fingerprint density at radius 2 is 0.696 bits per heavy atom. The second-order valence-electron chi connectivity index (χ2n) is 3.31. The maximum Gasteiger partial charge on any atom is 3.00 e. The van der Waals surface area contributed by atoms with Crippen molar-refractivity contribution in [3.05, 3.63) is 100 Å². The molecule has 2 rings (SSSR count). The molecule has 23 heavy (non-hydrogen) atoms. The summed E-state index contributed by atoms with van der Waals surface area (Å²) in [5.74, 6) is 0. The molecule has 126 valence electrons. The quantitative estimate of drug-likeness (QED) is 0.424. The summed E-state index contributed by atoms with van der Waals surface area (Å²) in [7, 11) is 0. The van der Waals surface area contributed by atoms with E-state index in [9.17, 15) is 0 Å². The fraction of sp³-hybridized carbons (Fsp3) is 0.200. The Hall–Kier alpha value is -0.171. The molecule has 2 aromatic carbocycles. The minimum Gasteiger partial charge on any atom is -0.412 e. The molecule has 0 heterocycles. The van der Waals surface area contributed by atoms with Gasteiger partial charge in [0.25, 0.3) is 0 Å². The number of benzene rings is 2.